The second-order valence-corrected chi connectivity index (χ2v) is 6.61. The lowest BCUT2D eigenvalue weighted by Gasteiger charge is -2.28. The van der Waals surface area contributed by atoms with Crippen molar-refractivity contribution in [3.63, 3.8) is 0 Å². The number of ether oxygens (including phenoxy) is 1. The van der Waals surface area contributed by atoms with Gasteiger partial charge in [-0.25, -0.2) is 4.39 Å². The van der Waals surface area contributed by atoms with E-state index in [4.69, 9.17) is 4.74 Å². The van der Waals surface area contributed by atoms with E-state index in [9.17, 15) is 14.0 Å². The first-order chi connectivity index (χ1) is 11.6. The molecule has 0 saturated carbocycles. The molecule has 3 nitrogen and oxygen atoms in total. The molecule has 1 aliphatic carbocycles. The van der Waals surface area contributed by atoms with E-state index >= 15 is 0 Å². The van der Waals surface area contributed by atoms with Crippen LogP contribution in [0.4, 0.5) is 4.39 Å². The van der Waals surface area contributed by atoms with Gasteiger partial charge in [-0.3, -0.25) is 9.59 Å². The van der Waals surface area contributed by atoms with Gasteiger partial charge in [0.15, 0.2) is 5.78 Å². The Kier molecular flexibility index (Phi) is 4.90. The van der Waals surface area contributed by atoms with Crippen LogP contribution >= 0.6 is 11.3 Å². The highest BCUT2D eigenvalue weighted by molar-refractivity contribution is 7.10. The molecule has 0 radical (unpaired) electrons. The Bertz CT molecular complexity index is 762. The summed E-state index contributed by atoms with van der Waals surface area (Å²) in [6.45, 7) is 1.97. The van der Waals surface area contributed by atoms with Gasteiger partial charge in [0, 0.05) is 10.8 Å². The molecule has 0 saturated heterocycles. The molecule has 0 unspecified atom stereocenters. The fraction of sp³-hybridized carbons (Fsp3) is 0.263. The minimum atomic E-state index is -0.812. The number of rotatable bonds is 4. The number of carbonyl (C=O) groups is 2. The highest BCUT2D eigenvalue weighted by atomic mass is 32.1. The molecule has 0 bridgehead atoms. The molecule has 24 heavy (non-hydrogen) atoms. The minimum absolute atomic E-state index is 0.244. The van der Waals surface area contributed by atoms with Crippen LogP contribution in [-0.2, 0) is 14.3 Å². The van der Waals surface area contributed by atoms with Crippen molar-refractivity contribution in [2.45, 2.75) is 19.3 Å². The summed E-state index contributed by atoms with van der Waals surface area (Å²) < 4.78 is 18.2. The second kappa shape index (κ2) is 7.09. The number of hydrogen-bond donors (Lipinski definition) is 0. The summed E-state index contributed by atoms with van der Waals surface area (Å²) in [5.41, 5.74) is 1.62. The summed E-state index contributed by atoms with van der Waals surface area (Å²) in [6.07, 6.45) is 2.04. The normalized spacial score (nSPS) is 20.6. The van der Waals surface area contributed by atoms with Crippen molar-refractivity contribution >= 4 is 28.7 Å². The quantitative estimate of drug-likeness (QED) is 0.616. The first-order valence-electron chi connectivity index (χ1n) is 7.80. The fourth-order valence-electron chi connectivity index (χ4n) is 3.02. The SMILES string of the molecule is CCOC(=O)[C@H]1C(=O)C=C(c2ccc(F)cc2)C[C@@H]1c1cccs1. The van der Waals surface area contributed by atoms with Crippen LogP contribution in [0.1, 0.15) is 29.7 Å². The third-order valence-electron chi connectivity index (χ3n) is 4.13. The van der Waals surface area contributed by atoms with Crippen molar-refractivity contribution in [3.05, 3.63) is 64.1 Å². The molecule has 1 heterocycles. The van der Waals surface area contributed by atoms with Crippen LogP contribution < -0.4 is 0 Å². The Morgan fingerprint density at radius 1 is 1.29 bits per heavy atom. The van der Waals surface area contributed by atoms with Gasteiger partial charge in [0.1, 0.15) is 11.7 Å². The molecule has 0 amide bonds. The molecular weight excluding hydrogens is 327 g/mol. The van der Waals surface area contributed by atoms with Crippen molar-refractivity contribution < 1.29 is 18.7 Å². The number of halogens is 1. The molecule has 0 aliphatic heterocycles. The zero-order valence-electron chi connectivity index (χ0n) is 13.2. The van der Waals surface area contributed by atoms with Crippen LogP contribution in [0.25, 0.3) is 5.57 Å². The van der Waals surface area contributed by atoms with E-state index < -0.39 is 11.9 Å². The molecule has 1 aliphatic rings. The van der Waals surface area contributed by atoms with Gasteiger partial charge < -0.3 is 4.74 Å². The number of hydrogen-bond acceptors (Lipinski definition) is 4. The molecule has 124 valence electrons. The van der Waals surface area contributed by atoms with Gasteiger partial charge >= 0.3 is 5.97 Å². The largest absolute Gasteiger partial charge is 0.465 e. The van der Waals surface area contributed by atoms with Gasteiger partial charge in [-0.2, -0.15) is 0 Å². The summed E-state index contributed by atoms with van der Waals surface area (Å²) in [5, 5.41) is 1.93. The van der Waals surface area contributed by atoms with Crippen LogP contribution in [0, 0.1) is 11.7 Å². The molecular formula is C19H17FO3S. The van der Waals surface area contributed by atoms with E-state index in [1.54, 1.807) is 19.1 Å². The van der Waals surface area contributed by atoms with Crippen LogP contribution in [0.3, 0.4) is 0 Å². The highest BCUT2D eigenvalue weighted by Crippen LogP contribution is 2.41. The van der Waals surface area contributed by atoms with Crippen molar-refractivity contribution in [2.75, 3.05) is 6.61 Å². The molecule has 5 heteroatoms. The average molecular weight is 344 g/mol. The smallest absolute Gasteiger partial charge is 0.317 e. The van der Waals surface area contributed by atoms with E-state index in [0.29, 0.717) is 6.42 Å². The number of carbonyl (C=O) groups excluding carboxylic acids is 2. The molecule has 3 rings (SSSR count). The van der Waals surface area contributed by atoms with Gasteiger partial charge in [-0.05, 0) is 54.1 Å². The maximum Gasteiger partial charge on any atom is 0.317 e. The summed E-state index contributed by atoms with van der Waals surface area (Å²) in [6, 6.07) is 9.90. The molecule has 1 aromatic carbocycles. The standard InChI is InChI=1S/C19H17FO3S/c1-2-23-19(22)18-15(17-4-3-9-24-17)10-13(11-16(18)21)12-5-7-14(20)8-6-12/h3-9,11,15,18H,2,10H2,1H3/t15-,18-/m1/s1. The average Bonchev–Trinajstić information content (AvgIpc) is 3.09. The third-order valence-corrected chi connectivity index (χ3v) is 5.13. The third kappa shape index (κ3) is 3.31. The van der Waals surface area contributed by atoms with Crippen molar-refractivity contribution in [3.8, 4) is 0 Å². The van der Waals surface area contributed by atoms with Crippen molar-refractivity contribution in [1.29, 1.82) is 0 Å². The lowest BCUT2D eigenvalue weighted by atomic mass is 9.76. The summed E-state index contributed by atoms with van der Waals surface area (Å²) >= 11 is 1.52. The number of thiophene rings is 1. The molecule has 0 fully saturated rings. The summed E-state index contributed by atoms with van der Waals surface area (Å²) in [5.74, 6) is -2.11. The Morgan fingerprint density at radius 2 is 2.04 bits per heavy atom. The second-order valence-electron chi connectivity index (χ2n) is 5.63. The molecule has 2 atom stereocenters. The van der Waals surface area contributed by atoms with Gasteiger partial charge in [0.2, 0.25) is 0 Å². The molecule has 1 aromatic heterocycles. The van der Waals surface area contributed by atoms with E-state index in [-0.39, 0.29) is 24.1 Å². The predicted octanol–water partition coefficient (Wildman–Crippen LogP) is 4.21. The summed E-state index contributed by atoms with van der Waals surface area (Å²) in [4.78, 5) is 25.9. The number of ketones is 1. The lowest BCUT2D eigenvalue weighted by molar-refractivity contribution is -0.151. The van der Waals surface area contributed by atoms with Gasteiger partial charge in [0.25, 0.3) is 0 Å². The zero-order valence-corrected chi connectivity index (χ0v) is 14.0. The first-order valence-corrected chi connectivity index (χ1v) is 8.68. The molecule has 0 N–H and O–H groups in total. The van der Waals surface area contributed by atoms with E-state index in [1.807, 2.05) is 17.5 Å². The topological polar surface area (TPSA) is 43.4 Å². The monoisotopic (exact) mass is 344 g/mol. The number of allylic oxidation sites excluding steroid dienone is 2. The predicted molar refractivity (Wildman–Crippen MR) is 91.2 cm³/mol. The Labute approximate surface area is 143 Å². The van der Waals surface area contributed by atoms with Crippen molar-refractivity contribution in [2.24, 2.45) is 5.92 Å². The van der Waals surface area contributed by atoms with Gasteiger partial charge in [-0.15, -0.1) is 11.3 Å². The lowest BCUT2D eigenvalue weighted by Crippen LogP contribution is -2.33. The van der Waals surface area contributed by atoms with E-state index in [1.165, 1.54) is 29.5 Å². The molecule has 0 spiro atoms. The van der Waals surface area contributed by atoms with Crippen LogP contribution in [0.2, 0.25) is 0 Å². The maximum atomic E-state index is 13.1. The highest BCUT2D eigenvalue weighted by Gasteiger charge is 2.40. The van der Waals surface area contributed by atoms with Crippen LogP contribution in [0.5, 0.6) is 0 Å². The summed E-state index contributed by atoms with van der Waals surface area (Å²) in [7, 11) is 0. The Morgan fingerprint density at radius 3 is 2.67 bits per heavy atom. The Hall–Kier alpha value is -2.27. The number of benzene rings is 1. The van der Waals surface area contributed by atoms with Crippen LogP contribution in [0.15, 0.2) is 47.9 Å². The van der Waals surface area contributed by atoms with Gasteiger partial charge in [0.05, 0.1) is 6.61 Å². The van der Waals surface area contributed by atoms with Gasteiger partial charge in [-0.1, -0.05) is 18.2 Å². The minimum Gasteiger partial charge on any atom is -0.465 e. The fourth-order valence-corrected chi connectivity index (χ4v) is 3.88. The van der Waals surface area contributed by atoms with E-state index in [2.05, 4.69) is 0 Å². The Balaban J connectivity index is 1.98. The van der Waals surface area contributed by atoms with Crippen molar-refractivity contribution in [1.82, 2.24) is 0 Å². The first kappa shape index (κ1) is 16.6. The van der Waals surface area contributed by atoms with E-state index in [0.717, 1.165) is 16.0 Å². The zero-order chi connectivity index (χ0) is 17.1. The molecule has 2 aromatic rings. The maximum absolute atomic E-state index is 13.1. The number of esters is 1. The van der Waals surface area contributed by atoms with Crippen LogP contribution in [-0.4, -0.2) is 18.4 Å².